The van der Waals surface area contributed by atoms with Gasteiger partial charge in [-0.25, -0.2) is 0 Å². The molecule has 0 aliphatic carbocycles. The zero-order valence-electron chi connectivity index (χ0n) is 7.30. The lowest BCUT2D eigenvalue weighted by Gasteiger charge is -2.02. The monoisotopic (exact) mass is 195 g/mol. The van der Waals surface area contributed by atoms with Gasteiger partial charge in [0.1, 0.15) is 5.75 Å². The van der Waals surface area contributed by atoms with E-state index in [0.29, 0.717) is 17.3 Å². The first-order chi connectivity index (χ1) is 6.27. The van der Waals surface area contributed by atoms with Crippen molar-refractivity contribution in [1.82, 2.24) is 0 Å². The van der Waals surface area contributed by atoms with Gasteiger partial charge in [-0.2, -0.15) is 0 Å². The summed E-state index contributed by atoms with van der Waals surface area (Å²) < 4.78 is 5.10. The van der Waals surface area contributed by atoms with Gasteiger partial charge in [0.05, 0.1) is 19.2 Å². The third-order valence-corrected chi connectivity index (χ3v) is 1.72. The second kappa shape index (κ2) is 4.76. The largest absolute Gasteiger partial charge is 0.495 e. The summed E-state index contributed by atoms with van der Waals surface area (Å²) >= 11 is 5.78. The van der Waals surface area contributed by atoms with Gasteiger partial charge in [-0.05, 0) is 12.1 Å². The molecular formula is C10H10ClNO. The van der Waals surface area contributed by atoms with Gasteiger partial charge in [-0.15, -0.1) is 0 Å². The summed E-state index contributed by atoms with van der Waals surface area (Å²) in [6.45, 7) is 0.339. The van der Waals surface area contributed by atoms with E-state index in [1.165, 1.54) is 0 Å². The molecule has 0 saturated carbocycles. The second-order valence-corrected chi connectivity index (χ2v) is 2.79. The van der Waals surface area contributed by atoms with Crippen molar-refractivity contribution in [3.8, 4) is 17.6 Å². The molecule has 1 rings (SSSR count). The van der Waals surface area contributed by atoms with E-state index in [2.05, 4.69) is 11.8 Å². The fourth-order valence-corrected chi connectivity index (χ4v) is 1.08. The normalized spacial score (nSPS) is 8.85. The highest BCUT2D eigenvalue weighted by Gasteiger charge is 1.99. The first-order valence-corrected chi connectivity index (χ1v) is 4.18. The summed E-state index contributed by atoms with van der Waals surface area (Å²) in [6, 6.07) is 5.30. The maximum Gasteiger partial charge on any atom is 0.135 e. The van der Waals surface area contributed by atoms with Crippen molar-refractivity contribution in [1.29, 1.82) is 0 Å². The van der Waals surface area contributed by atoms with Crippen LogP contribution in [0.4, 0.5) is 0 Å². The molecule has 1 aromatic rings. The highest BCUT2D eigenvalue weighted by atomic mass is 35.5. The maximum absolute atomic E-state index is 5.78. The van der Waals surface area contributed by atoms with Gasteiger partial charge in [-0.3, -0.25) is 0 Å². The number of ether oxygens (including phenoxy) is 1. The van der Waals surface area contributed by atoms with Crippen molar-refractivity contribution in [3.05, 3.63) is 28.8 Å². The van der Waals surface area contributed by atoms with Gasteiger partial charge in [0, 0.05) is 11.1 Å². The molecule has 0 saturated heterocycles. The molecule has 0 spiro atoms. The first kappa shape index (κ1) is 9.91. The van der Waals surface area contributed by atoms with E-state index in [1.54, 1.807) is 19.2 Å². The molecule has 0 aliphatic heterocycles. The van der Waals surface area contributed by atoms with Crippen LogP contribution in [0.25, 0.3) is 0 Å². The Hall–Kier alpha value is -1.17. The van der Waals surface area contributed by atoms with Crippen LogP contribution in [0.2, 0.25) is 5.02 Å². The highest BCUT2D eigenvalue weighted by molar-refractivity contribution is 6.30. The number of methoxy groups -OCH3 is 1. The van der Waals surface area contributed by atoms with Crippen molar-refractivity contribution < 1.29 is 4.74 Å². The lowest BCUT2D eigenvalue weighted by atomic mass is 10.2. The molecule has 0 heterocycles. The fraction of sp³-hybridized carbons (Fsp3) is 0.200. The van der Waals surface area contributed by atoms with Gasteiger partial charge in [0.15, 0.2) is 0 Å². The van der Waals surface area contributed by atoms with Crippen LogP contribution in [-0.2, 0) is 0 Å². The maximum atomic E-state index is 5.78. The van der Waals surface area contributed by atoms with E-state index in [0.717, 1.165) is 5.56 Å². The molecule has 13 heavy (non-hydrogen) atoms. The summed E-state index contributed by atoms with van der Waals surface area (Å²) in [6.07, 6.45) is 0. The van der Waals surface area contributed by atoms with Gasteiger partial charge < -0.3 is 10.5 Å². The molecule has 0 unspecified atom stereocenters. The van der Waals surface area contributed by atoms with E-state index in [4.69, 9.17) is 22.1 Å². The Kier molecular flexibility index (Phi) is 3.63. The number of hydrogen-bond acceptors (Lipinski definition) is 2. The van der Waals surface area contributed by atoms with Crippen molar-refractivity contribution in [3.63, 3.8) is 0 Å². The predicted molar refractivity (Wildman–Crippen MR) is 53.9 cm³/mol. The van der Waals surface area contributed by atoms with E-state index in [-0.39, 0.29) is 0 Å². The molecule has 3 heteroatoms. The van der Waals surface area contributed by atoms with Crippen LogP contribution in [0.3, 0.4) is 0 Å². The van der Waals surface area contributed by atoms with Crippen LogP contribution >= 0.6 is 11.6 Å². The van der Waals surface area contributed by atoms with Crippen molar-refractivity contribution in [2.24, 2.45) is 5.73 Å². The molecule has 2 nitrogen and oxygen atoms in total. The number of hydrogen-bond donors (Lipinski definition) is 1. The number of halogens is 1. The minimum atomic E-state index is 0.339. The minimum absolute atomic E-state index is 0.339. The highest BCUT2D eigenvalue weighted by Crippen LogP contribution is 2.21. The first-order valence-electron chi connectivity index (χ1n) is 3.80. The summed E-state index contributed by atoms with van der Waals surface area (Å²) in [4.78, 5) is 0. The summed E-state index contributed by atoms with van der Waals surface area (Å²) in [5.74, 6) is 6.32. The average Bonchev–Trinajstić information content (AvgIpc) is 2.16. The minimum Gasteiger partial charge on any atom is -0.495 e. The number of rotatable bonds is 1. The van der Waals surface area contributed by atoms with E-state index >= 15 is 0 Å². The zero-order valence-corrected chi connectivity index (χ0v) is 8.06. The molecule has 0 amide bonds. The topological polar surface area (TPSA) is 35.2 Å². The quantitative estimate of drug-likeness (QED) is 0.692. The van der Waals surface area contributed by atoms with Gasteiger partial charge in [0.25, 0.3) is 0 Å². The standard InChI is InChI=1S/C10H10ClNO/c1-13-10-7-9(11)5-4-8(10)3-2-6-12/h4-5,7H,6,12H2,1H3. The Morgan fingerprint density at radius 1 is 1.54 bits per heavy atom. The summed E-state index contributed by atoms with van der Waals surface area (Å²) in [5, 5.41) is 0.634. The van der Waals surface area contributed by atoms with Crippen LogP contribution in [-0.4, -0.2) is 13.7 Å². The molecule has 1 aromatic carbocycles. The molecular weight excluding hydrogens is 186 g/mol. The summed E-state index contributed by atoms with van der Waals surface area (Å²) in [7, 11) is 1.58. The Morgan fingerprint density at radius 3 is 2.92 bits per heavy atom. The molecule has 0 aromatic heterocycles. The molecule has 68 valence electrons. The SMILES string of the molecule is COc1cc(Cl)ccc1C#CCN. The molecule has 0 atom stereocenters. The summed E-state index contributed by atoms with van der Waals surface area (Å²) in [5.41, 5.74) is 6.06. The molecule has 0 aliphatic rings. The Labute approximate surface area is 82.6 Å². The molecule has 2 N–H and O–H groups in total. The van der Waals surface area contributed by atoms with Crippen molar-refractivity contribution in [2.75, 3.05) is 13.7 Å². The van der Waals surface area contributed by atoms with Crippen LogP contribution in [0.1, 0.15) is 5.56 Å². The fourth-order valence-electron chi connectivity index (χ4n) is 0.915. The zero-order chi connectivity index (χ0) is 9.68. The van der Waals surface area contributed by atoms with Gasteiger partial charge in [-0.1, -0.05) is 23.4 Å². The Morgan fingerprint density at radius 2 is 2.31 bits per heavy atom. The van der Waals surface area contributed by atoms with Crippen LogP contribution < -0.4 is 10.5 Å². The third kappa shape index (κ3) is 2.66. The number of nitrogens with two attached hydrogens (primary N) is 1. The van der Waals surface area contributed by atoms with Crippen molar-refractivity contribution in [2.45, 2.75) is 0 Å². The Balaban J connectivity index is 3.06. The van der Waals surface area contributed by atoms with Gasteiger partial charge in [0.2, 0.25) is 0 Å². The van der Waals surface area contributed by atoms with E-state index in [1.807, 2.05) is 6.07 Å². The van der Waals surface area contributed by atoms with E-state index in [9.17, 15) is 0 Å². The van der Waals surface area contributed by atoms with Crippen LogP contribution in [0.15, 0.2) is 18.2 Å². The predicted octanol–water partition coefficient (Wildman–Crippen LogP) is 1.66. The average molecular weight is 196 g/mol. The third-order valence-electron chi connectivity index (χ3n) is 1.49. The van der Waals surface area contributed by atoms with E-state index < -0.39 is 0 Å². The number of benzene rings is 1. The second-order valence-electron chi connectivity index (χ2n) is 2.35. The Bertz CT molecular complexity index is 352. The smallest absolute Gasteiger partial charge is 0.135 e. The van der Waals surface area contributed by atoms with Gasteiger partial charge >= 0.3 is 0 Å². The molecule has 0 fully saturated rings. The molecule has 0 radical (unpaired) electrons. The molecule has 0 bridgehead atoms. The van der Waals surface area contributed by atoms with Crippen LogP contribution in [0, 0.1) is 11.8 Å². The lowest BCUT2D eigenvalue weighted by Crippen LogP contribution is -1.94. The van der Waals surface area contributed by atoms with Crippen LogP contribution in [0.5, 0.6) is 5.75 Å². The van der Waals surface area contributed by atoms with Crippen molar-refractivity contribution >= 4 is 11.6 Å². The lowest BCUT2D eigenvalue weighted by molar-refractivity contribution is 0.413.